The lowest BCUT2D eigenvalue weighted by Crippen LogP contribution is -2.58. The van der Waals surface area contributed by atoms with Crippen molar-refractivity contribution >= 4 is 17.6 Å². The number of hydrogen-bond donors (Lipinski definition) is 3. The summed E-state index contributed by atoms with van der Waals surface area (Å²) in [5.41, 5.74) is 14.4. The van der Waals surface area contributed by atoms with E-state index in [2.05, 4.69) is 9.98 Å². The second-order valence-corrected chi connectivity index (χ2v) is 6.17. The Morgan fingerprint density at radius 3 is 2.45 bits per heavy atom. The highest BCUT2D eigenvalue weighted by Crippen LogP contribution is 2.41. The quantitative estimate of drug-likeness (QED) is 0.739. The van der Waals surface area contributed by atoms with Crippen LogP contribution in [0.1, 0.15) is 43.2 Å². The van der Waals surface area contributed by atoms with Crippen LogP contribution in [0.4, 0.5) is 5.69 Å². The zero-order chi connectivity index (χ0) is 15.9. The lowest BCUT2D eigenvalue weighted by Gasteiger charge is -2.46. The van der Waals surface area contributed by atoms with E-state index in [1.807, 2.05) is 24.8 Å². The smallest absolute Gasteiger partial charge is 0.220 e. The molecule has 1 aromatic carbocycles. The van der Waals surface area contributed by atoms with Crippen molar-refractivity contribution in [3.63, 3.8) is 0 Å². The van der Waals surface area contributed by atoms with Crippen LogP contribution < -0.4 is 16.4 Å². The first-order valence-corrected chi connectivity index (χ1v) is 7.73. The Labute approximate surface area is 130 Å². The predicted octanol–water partition coefficient (Wildman–Crippen LogP) is 2.12. The summed E-state index contributed by atoms with van der Waals surface area (Å²) in [5.74, 6) is 0.917. The molecular weight excluding hydrogens is 278 g/mol. The summed E-state index contributed by atoms with van der Waals surface area (Å²) in [7, 11) is 0. The SMILES string of the molecule is Cc1c(O)ccc(N2C(N)=NC(N)=NC23CCCCC3)c1C. The number of phenols is 1. The first-order chi connectivity index (χ1) is 10.4. The van der Waals surface area contributed by atoms with Gasteiger partial charge in [0, 0.05) is 5.69 Å². The van der Waals surface area contributed by atoms with E-state index in [0.717, 1.165) is 42.5 Å². The molecule has 0 unspecified atom stereocenters. The molecule has 118 valence electrons. The molecule has 0 saturated heterocycles. The van der Waals surface area contributed by atoms with Gasteiger partial charge in [-0.1, -0.05) is 6.42 Å². The van der Waals surface area contributed by atoms with E-state index in [1.54, 1.807) is 6.07 Å². The van der Waals surface area contributed by atoms with Crippen molar-refractivity contribution < 1.29 is 5.11 Å². The van der Waals surface area contributed by atoms with Crippen molar-refractivity contribution in [2.75, 3.05) is 4.90 Å². The van der Waals surface area contributed by atoms with Crippen LogP contribution in [-0.4, -0.2) is 22.7 Å². The van der Waals surface area contributed by atoms with E-state index in [-0.39, 0.29) is 11.7 Å². The van der Waals surface area contributed by atoms with Gasteiger partial charge in [0.05, 0.1) is 0 Å². The van der Waals surface area contributed by atoms with Gasteiger partial charge in [0.25, 0.3) is 0 Å². The Kier molecular flexibility index (Phi) is 3.47. The summed E-state index contributed by atoms with van der Waals surface area (Å²) in [5, 5.41) is 9.91. The van der Waals surface area contributed by atoms with Crippen molar-refractivity contribution in [2.45, 2.75) is 51.6 Å². The maximum atomic E-state index is 9.91. The van der Waals surface area contributed by atoms with Crippen molar-refractivity contribution in [1.82, 2.24) is 0 Å². The summed E-state index contributed by atoms with van der Waals surface area (Å²) in [6, 6.07) is 3.58. The van der Waals surface area contributed by atoms with Crippen LogP contribution in [0.15, 0.2) is 22.1 Å². The van der Waals surface area contributed by atoms with Crippen molar-refractivity contribution in [3.8, 4) is 5.75 Å². The molecular formula is C16H23N5O. The van der Waals surface area contributed by atoms with E-state index < -0.39 is 5.66 Å². The van der Waals surface area contributed by atoms with Crippen LogP contribution >= 0.6 is 0 Å². The van der Waals surface area contributed by atoms with E-state index in [9.17, 15) is 5.11 Å². The van der Waals surface area contributed by atoms with Gasteiger partial charge in [0.15, 0.2) is 0 Å². The molecule has 1 spiro atoms. The minimum absolute atomic E-state index is 0.254. The fourth-order valence-electron chi connectivity index (χ4n) is 3.50. The summed E-state index contributed by atoms with van der Waals surface area (Å²) in [4.78, 5) is 10.8. The molecule has 1 fully saturated rings. The number of benzene rings is 1. The Morgan fingerprint density at radius 1 is 1.09 bits per heavy atom. The van der Waals surface area contributed by atoms with Gasteiger partial charge in [0.1, 0.15) is 11.4 Å². The molecule has 0 aromatic heterocycles. The molecule has 0 radical (unpaired) electrons. The lowest BCUT2D eigenvalue weighted by molar-refractivity contribution is 0.305. The normalized spacial score (nSPS) is 20.7. The molecule has 2 aliphatic rings. The lowest BCUT2D eigenvalue weighted by atomic mass is 9.86. The Hall–Kier alpha value is -2.24. The Balaban J connectivity index is 2.14. The van der Waals surface area contributed by atoms with E-state index in [4.69, 9.17) is 11.5 Å². The molecule has 22 heavy (non-hydrogen) atoms. The number of rotatable bonds is 1. The zero-order valence-electron chi connectivity index (χ0n) is 13.1. The number of hydrogen-bond acceptors (Lipinski definition) is 6. The maximum absolute atomic E-state index is 9.91. The number of guanidine groups is 2. The van der Waals surface area contributed by atoms with Gasteiger partial charge in [-0.3, -0.25) is 4.90 Å². The van der Waals surface area contributed by atoms with E-state index in [0.29, 0.717) is 5.96 Å². The second-order valence-electron chi connectivity index (χ2n) is 6.17. The van der Waals surface area contributed by atoms with Crippen molar-refractivity contribution in [2.24, 2.45) is 21.5 Å². The van der Waals surface area contributed by atoms with Crippen LogP contribution in [0.3, 0.4) is 0 Å². The first-order valence-electron chi connectivity index (χ1n) is 7.73. The maximum Gasteiger partial charge on any atom is 0.220 e. The average Bonchev–Trinajstić information content (AvgIpc) is 2.47. The predicted molar refractivity (Wildman–Crippen MR) is 89.1 cm³/mol. The minimum Gasteiger partial charge on any atom is -0.508 e. The number of phenolic OH excluding ortho intramolecular Hbond substituents is 1. The van der Waals surface area contributed by atoms with Crippen LogP contribution in [0.5, 0.6) is 5.75 Å². The highest BCUT2D eigenvalue weighted by atomic mass is 16.3. The number of aromatic hydroxyl groups is 1. The van der Waals surface area contributed by atoms with Crippen molar-refractivity contribution in [3.05, 3.63) is 23.3 Å². The van der Waals surface area contributed by atoms with Gasteiger partial charge in [-0.25, -0.2) is 4.99 Å². The fraction of sp³-hybridized carbons (Fsp3) is 0.500. The van der Waals surface area contributed by atoms with Gasteiger partial charge < -0.3 is 16.6 Å². The molecule has 1 aromatic rings. The fourth-order valence-corrected chi connectivity index (χ4v) is 3.50. The van der Waals surface area contributed by atoms with Gasteiger partial charge in [0.2, 0.25) is 11.9 Å². The van der Waals surface area contributed by atoms with Gasteiger partial charge in [-0.15, -0.1) is 0 Å². The Bertz CT molecular complexity index is 659. The third-order valence-corrected chi connectivity index (χ3v) is 4.82. The molecule has 1 aliphatic carbocycles. The molecule has 5 N–H and O–H groups in total. The molecule has 1 aliphatic heterocycles. The van der Waals surface area contributed by atoms with Crippen molar-refractivity contribution in [1.29, 1.82) is 0 Å². The molecule has 0 amide bonds. The van der Waals surface area contributed by atoms with Crippen LogP contribution in [0.2, 0.25) is 0 Å². The van der Waals surface area contributed by atoms with E-state index >= 15 is 0 Å². The van der Waals surface area contributed by atoms with E-state index in [1.165, 1.54) is 6.42 Å². The van der Waals surface area contributed by atoms with Gasteiger partial charge in [-0.05, 0) is 62.8 Å². The first kappa shape index (κ1) is 14.7. The summed E-state index contributed by atoms with van der Waals surface area (Å²) >= 11 is 0. The summed E-state index contributed by atoms with van der Waals surface area (Å²) < 4.78 is 0. The average molecular weight is 301 g/mol. The van der Waals surface area contributed by atoms with Crippen LogP contribution in [0.25, 0.3) is 0 Å². The number of nitrogens with two attached hydrogens (primary N) is 2. The third kappa shape index (κ3) is 2.19. The molecule has 6 nitrogen and oxygen atoms in total. The monoisotopic (exact) mass is 301 g/mol. The Morgan fingerprint density at radius 2 is 1.77 bits per heavy atom. The zero-order valence-corrected chi connectivity index (χ0v) is 13.1. The standard InChI is InChI=1S/C16H23N5O/c1-10-11(2)13(22)7-6-12(10)21-15(18)19-14(17)20-16(21)8-4-3-5-9-16/h6-7,22H,3-5,8-9H2,1-2H3,(H4,17,18,19,20). The van der Waals surface area contributed by atoms with Crippen LogP contribution in [-0.2, 0) is 0 Å². The molecule has 1 heterocycles. The molecule has 6 heteroatoms. The summed E-state index contributed by atoms with van der Waals surface area (Å²) in [6.07, 6.45) is 5.20. The van der Waals surface area contributed by atoms with Gasteiger partial charge >= 0.3 is 0 Å². The third-order valence-electron chi connectivity index (χ3n) is 4.82. The molecule has 3 rings (SSSR count). The van der Waals surface area contributed by atoms with Crippen LogP contribution in [0, 0.1) is 13.8 Å². The molecule has 0 bridgehead atoms. The molecule has 1 saturated carbocycles. The molecule has 0 atom stereocenters. The second kappa shape index (κ2) is 5.19. The highest BCUT2D eigenvalue weighted by Gasteiger charge is 2.43. The largest absolute Gasteiger partial charge is 0.508 e. The summed E-state index contributed by atoms with van der Waals surface area (Å²) in [6.45, 7) is 3.88. The number of anilines is 1. The number of nitrogens with zero attached hydrogens (tertiary/aromatic N) is 3. The van der Waals surface area contributed by atoms with Gasteiger partial charge in [-0.2, -0.15) is 4.99 Å². The number of aliphatic imine (C=N–C) groups is 2. The minimum atomic E-state index is -0.442. The topological polar surface area (TPSA) is 100 Å². The highest BCUT2D eigenvalue weighted by molar-refractivity contribution is 6.06.